The Morgan fingerprint density at radius 3 is 2.58 bits per heavy atom. The van der Waals surface area contributed by atoms with Gasteiger partial charge < -0.3 is 14.2 Å². The monoisotopic (exact) mass is 264 g/mol. The summed E-state index contributed by atoms with van der Waals surface area (Å²) in [5, 5.41) is 0. The van der Waals surface area contributed by atoms with Crippen molar-refractivity contribution in [3.63, 3.8) is 0 Å². The lowest BCUT2D eigenvalue weighted by atomic mass is 10.2. The van der Waals surface area contributed by atoms with E-state index in [0.29, 0.717) is 6.61 Å². The van der Waals surface area contributed by atoms with Crippen molar-refractivity contribution in [3.8, 4) is 5.75 Å². The van der Waals surface area contributed by atoms with E-state index >= 15 is 0 Å². The highest BCUT2D eigenvalue weighted by Crippen LogP contribution is 2.15. The number of esters is 1. The number of hydrogen-bond donors (Lipinski definition) is 0. The van der Waals surface area contributed by atoms with Gasteiger partial charge in [0, 0.05) is 13.5 Å². The van der Waals surface area contributed by atoms with Gasteiger partial charge in [0.1, 0.15) is 12.4 Å². The van der Waals surface area contributed by atoms with Gasteiger partial charge in [0.05, 0.1) is 0 Å². The Labute approximate surface area is 114 Å². The molecule has 0 aliphatic carbocycles. The molecule has 0 amide bonds. The third-order valence-electron chi connectivity index (χ3n) is 2.28. The van der Waals surface area contributed by atoms with E-state index in [-0.39, 0.29) is 18.9 Å². The summed E-state index contributed by atoms with van der Waals surface area (Å²) in [6.45, 7) is 6.08. The predicted molar refractivity (Wildman–Crippen MR) is 73.8 cm³/mol. The second kappa shape index (κ2) is 8.32. The summed E-state index contributed by atoms with van der Waals surface area (Å²) in [4.78, 5) is 10.6. The van der Waals surface area contributed by atoms with Crippen molar-refractivity contribution in [1.29, 1.82) is 0 Å². The third kappa shape index (κ3) is 6.62. The van der Waals surface area contributed by atoms with Gasteiger partial charge in [0.25, 0.3) is 0 Å². The third-order valence-corrected chi connectivity index (χ3v) is 2.28. The van der Waals surface area contributed by atoms with Crippen molar-refractivity contribution in [2.45, 2.75) is 27.1 Å². The topological polar surface area (TPSA) is 44.8 Å². The fraction of sp³-hybridized carbons (Fsp3) is 0.400. The van der Waals surface area contributed by atoms with Gasteiger partial charge in [0.2, 0.25) is 0 Å². The molecule has 19 heavy (non-hydrogen) atoms. The standard InChI is InChI=1S/C15H20O4/c1-4-17-13(3)19-15-9-7-14(8-10-15)6-5-11-18-12(2)16/h5-10,13H,4,11H2,1-3H3. The molecule has 0 fully saturated rings. The first-order valence-electron chi connectivity index (χ1n) is 6.30. The first-order chi connectivity index (χ1) is 9.11. The van der Waals surface area contributed by atoms with Gasteiger partial charge in [-0.15, -0.1) is 0 Å². The summed E-state index contributed by atoms with van der Waals surface area (Å²) in [7, 11) is 0. The van der Waals surface area contributed by atoms with Crippen LogP contribution in [0.2, 0.25) is 0 Å². The molecule has 4 nitrogen and oxygen atoms in total. The molecule has 0 N–H and O–H groups in total. The molecule has 1 aromatic carbocycles. The maximum atomic E-state index is 10.6. The van der Waals surface area contributed by atoms with Gasteiger partial charge in [-0.3, -0.25) is 4.79 Å². The Bertz CT molecular complexity index is 409. The lowest BCUT2D eigenvalue weighted by Crippen LogP contribution is -2.15. The van der Waals surface area contributed by atoms with Crippen LogP contribution in [0.3, 0.4) is 0 Å². The lowest BCUT2D eigenvalue weighted by Gasteiger charge is -2.14. The van der Waals surface area contributed by atoms with Crippen LogP contribution in [0, 0.1) is 0 Å². The molecule has 104 valence electrons. The van der Waals surface area contributed by atoms with Crippen molar-refractivity contribution in [2.24, 2.45) is 0 Å². The van der Waals surface area contributed by atoms with E-state index < -0.39 is 0 Å². The predicted octanol–water partition coefficient (Wildman–Crippen LogP) is 3.02. The summed E-state index contributed by atoms with van der Waals surface area (Å²) in [5.74, 6) is 0.483. The van der Waals surface area contributed by atoms with Crippen molar-refractivity contribution in [2.75, 3.05) is 13.2 Å². The van der Waals surface area contributed by atoms with E-state index in [1.54, 1.807) is 6.08 Å². The van der Waals surface area contributed by atoms with Crippen LogP contribution < -0.4 is 4.74 Å². The molecule has 1 atom stereocenters. The van der Waals surface area contributed by atoms with Gasteiger partial charge >= 0.3 is 5.97 Å². The average molecular weight is 264 g/mol. The molecular formula is C15H20O4. The van der Waals surface area contributed by atoms with E-state index in [9.17, 15) is 4.79 Å². The zero-order valence-electron chi connectivity index (χ0n) is 11.6. The van der Waals surface area contributed by atoms with Gasteiger partial charge in [-0.05, 0) is 37.6 Å². The van der Waals surface area contributed by atoms with Crippen LogP contribution in [0.1, 0.15) is 26.3 Å². The zero-order valence-corrected chi connectivity index (χ0v) is 11.6. The van der Waals surface area contributed by atoms with Gasteiger partial charge in [0.15, 0.2) is 6.29 Å². The van der Waals surface area contributed by atoms with E-state index in [0.717, 1.165) is 11.3 Å². The summed E-state index contributed by atoms with van der Waals surface area (Å²) >= 11 is 0. The Hall–Kier alpha value is -1.81. The Kier molecular flexibility index (Phi) is 6.68. The maximum absolute atomic E-state index is 10.6. The second-order valence-electron chi connectivity index (χ2n) is 3.91. The fourth-order valence-electron chi connectivity index (χ4n) is 1.47. The normalized spacial score (nSPS) is 12.4. The molecular weight excluding hydrogens is 244 g/mol. The van der Waals surface area contributed by atoms with Gasteiger partial charge in [-0.25, -0.2) is 0 Å². The Balaban J connectivity index is 2.45. The number of hydrogen-bond acceptors (Lipinski definition) is 4. The number of rotatable bonds is 7. The van der Waals surface area contributed by atoms with E-state index in [2.05, 4.69) is 0 Å². The SMILES string of the molecule is CCOC(C)Oc1ccc(C=CCOC(C)=O)cc1. The fourth-order valence-corrected chi connectivity index (χ4v) is 1.47. The van der Waals surface area contributed by atoms with E-state index in [1.165, 1.54) is 6.92 Å². The van der Waals surface area contributed by atoms with Gasteiger partial charge in [-0.2, -0.15) is 0 Å². The van der Waals surface area contributed by atoms with Crippen molar-refractivity contribution >= 4 is 12.0 Å². The van der Waals surface area contributed by atoms with Crippen LogP contribution in [0.5, 0.6) is 5.75 Å². The Morgan fingerprint density at radius 1 is 1.32 bits per heavy atom. The number of carbonyl (C=O) groups is 1. The van der Waals surface area contributed by atoms with Gasteiger partial charge in [-0.1, -0.05) is 18.2 Å². The molecule has 0 saturated heterocycles. The van der Waals surface area contributed by atoms with Crippen LogP contribution in [0.4, 0.5) is 0 Å². The average Bonchev–Trinajstić information content (AvgIpc) is 2.36. The molecule has 1 aromatic rings. The molecule has 0 radical (unpaired) electrons. The molecule has 0 aromatic heterocycles. The molecule has 0 bridgehead atoms. The number of carbonyl (C=O) groups excluding carboxylic acids is 1. The van der Waals surface area contributed by atoms with Crippen LogP contribution in [-0.2, 0) is 14.3 Å². The number of ether oxygens (including phenoxy) is 3. The summed E-state index contributed by atoms with van der Waals surface area (Å²) < 4.78 is 15.6. The molecule has 0 aliphatic rings. The second-order valence-corrected chi connectivity index (χ2v) is 3.91. The minimum absolute atomic E-state index is 0.254. The smallest absolute Gasteiger partial charge is 0.302 e. The highest BCUT2D eigenvalue weighted by Gasteiger charge is 2.01. The first-order valence-corrected chi connectivity index (χ1v) is 6.30. The maximum Gasteiger partial charge on any atom is 0.302 e. The molecule has 0 saturated carbocycles. The lowest BCUT2D eigenvalue weighted by molar-refractivity contribution is -0.139. The van der Waals surface area contributed by atoms with Crippen LogP contribution in [-0.4, -0.2) is 25.5 Å². The molecule has 0 aliphatic heterocycles. The number of benzene rings is 1. The van der Waals surface area contributed by atoms with E-state index in [4.69, 9.17) is 14.2 Å². The molecule has 0 spiro atoms. The van der Waals surface area contributed by atoms with Crippen molar-refractivity contribution in [1.82, 2.24) is 0 Å². The summed E-state index contributed by atoms with van der Waals surface area (Å²) in [6, 6.07) is 7.61. The van der Waals surface area contributed by atoms with Crippen LogP contribution in [0.15, 0.2) is 30.3 Å². The van der Waals surface area contributed by atoms with Crippen molar-refractivity contribution < 1.29 is 19.0 Å². The molecule has 1 unspecified atom stereocenters. The first kappa shape index (κ1) is 15.2. The summed E-state index contributed by atoms with van der Waals surface area (Å²) in [5.41, 5.74) is 1.02. The zero-order chi connectivity index (χ0) is 14.1. The van der Waals surface area contributed by atoms with Crippen LogP contribution in [0.25, 0.3) is 6.08 Å². The quantitative estimate of drug-likeness (QED) is 0.561. The van der Waals surface area contributed by atoms with E-state index in [1.807, 2.05) is 44.2 Å². The molecule has 0 heterocycles. The molecule has 1 rings (SSSR count). The minimum Gasteiger partial charge on any atom is -0.465 e. The van der Waals surface area contributed by atoms with Crippen LogP contribution >= 0.6 is 0 Å². The largest absolute Gasteiger partial charge is 0.465 e. The highest BCUT2D eigenvalue weighted by atomic mass is 16.7. The molecule has 4 heteroatoms. The Morgan fingerprint density at radius 2 is 2.00 bits per heavy atom. The summed E-state index contributed by atoms with van der Waals surface area (Å²) in [6.07, 6.45) is 3.43. The van der Waals surface area contributed by atoms with Crippen molar-refractivity contribution in [3.05, 3.63) is 35.9 Å². The minimum atomic E-state index is -0.279. The highest BCUT2D eigenvalue weighted by molar-refractivity contribution is 5.66.